The highest BCUT2D eigenvalue weighted by Gasteiger charge is 2.00. The van der Waals surface area contributed by atoms with Crippen molar-refractivity contribution in [2.45, 2.75) is 58.8 Å². The van der Waals surface area contributed by atoms with Gasteiger partial charge in [0.25, 0.3) is 0 Å². The second-order valence-electron chi connectivity index (χ2n) is 5.03. The molecule has 2 heteroatoms. The number of nitrogens with one attached hydrogen (secondary N) is 1. The second-order valence-corrected chi connectivity index (χ2v) is 5.03. The van der Waals surface area contributed by atoms with Crippen molar-refractivity contribution >= 4 is 5.69 Å². The van der Waals surface area contributed by atoms with Crippen LogP contribution in [0.15, 0.2) is 18.2 Å². The number of anilines is 1. The largest absolute Gasteiger partial charge is 0.383 e. The number of hydrogen-bond acceptors (Lipinski definition) is 1. The van der Waals surface area contributed by atoms with Crippen LogP contribution < -0.4 is 5.32 Å². The molecule has 0 radical (unpaired) electrons. The van der Waals surface area contributed by atoms with Crippen LogP contribution in [0.5, 0.6) is 0 Å². The Hall–Kier alpha value is -1.05. The minimum atomic E-state index is -0.141. The average molecular weight is 251 g/mol. The molecule has 1 aromatic carbocycles. The number of hydrogen-bond donors (Lipinski definition) is 1. The third-order valence-electron chi connectivity index (χ3n) is 3.22. The monoisotopic (exact) mass is 251 g/mol. The van der Waals surface area contributed by atoms with Gasteiger partial charge in [-0.1, -0.05) is 51.5 Å². The molecule has 0 saturated carbocycles. The highest BCUT2D eigenvalue weighted by Crippen LogP contribution is 2.15. The molecule has 0 aliphatic carbocycles. The molecule has 0 amide bonds. The summed E-state index contributed by atoms with van der Waals surface area (Å²) < 4.78 is 13.5. The lowest BCUT2D eigenvalue weighted by molar-refractivity contribution is 0.594. The summed E-state index contributed by atoms with van der Waals surface area (Å²) in [4.78, 5) is 0. The fraction of sp³-hybridized carbons (Fsp3) is 0.625. The average Bonchev–Trinajstić information content (AvgIpc) is 2.35. The zero-order chi connectivity index (χ0) is 13.2. The van der Waals surface area contributed by atoms with Gasteiger partial charge >= 0.3 is 0 Å². The van der Waals surface area contributed by atoms with Gasteiger partial charge in [-0.05, 0) is 31.0 Å². The van der Waals surface area contributed by atoms with Crippen LogP contribution in [-0.2, 0) is 0 Å². The van der Waals surface area contributed by atoms with E-state index >= 15 is 0 Å². The lowest BCUT2D eigenvalue weighted by Gasteiger charge is -2.08. The van der Waals surface area contributed by atoms with Gasteiger partial charge in [0.15, 0.2) is 0 Å². The fourth-order valence-electron chi connectivity index (χ4n) is 2.07. The Labute approximate surface area is 111 Å². The zero-order valence-corrected chi connectivity index (χ0v) is 11.8. The molecule has 0 atom stereocenters. The van der Waals surface area contributed by atoms with Crippen LogP contribution in [0.1, 0.15) is 57.4 Å². The first-order valence-electron chi connectivity index (χ1n) is 7.24. The van der Waals surface area contributed by atoms with Gasteiger partial charge in [-0.2, -0.15) is 0 Å². The van der Waals surface area contributed by atoms with Crippen LogP contribution in [0.3, 0.4) is 0 Å². The molecule has 0 aromatic heterocycles. The molecule has 1 aromatic rings. The molecule has 0 saturated heterocycles. The molecule has 1 nitrogen and oxygen atoms in total. The molecular weight excluding hydrogens is 225 g/mol. The van der Waals surface area contributed by atoms with E-state index < -0.39 is 0 Å². The summed E-state index contributed by atoms with van der Waals surface area (Å²) in [5.74, 6) is -0.141. The standard InChI is InChI=1S/C16H26FN/c1-3-4-5-6-7-8-9-12-18-16-11-10-14(2)13-15(16)17/h10-11,13,18H,3-9,12H2,1-2H3. The Kier molecular flexibility index (Phi) is 7.47. The summed E-state index contributed by atoms with van der Waals surface area (Å²) in [6.07, 6.45) is 9.02. The predicted octanol–water partition coefficient (Wildman–Crippen LogP) is 5.30. The summed E-state index contributed by atoms with van der Waals surface area (Å²) in [7, 11) is 0. The molecule has 1 rings (SSSR count). The Bertz CT molecular complexity index is 336. The van der Waals surface area contributed by atoms with Crippen LogP contribution in [0.25, 0.3) is 0 Å². The highest BCUT2D eigenvalue weighted by molar-refractivity contribution is 5.45. The first-order chi connectivity index (χ1) is 8.74. The molecule has 18 heavy (non-hydrogen) atoms. The van der Waals surface area contributed by atoms with Crippen LogP contribution in [-0.4, -0.2) is 6.54 Å². The first kappa shape index (κ1) is 15.0. The molecule has 0 aliphatic heterocycles. The minimum absolute atomic E-state index is 0.141. The maximum atomic E-state index is 13.5. The topological polar surface area (TPSA) is 12.0 Å². The van der Waals surface area contributed by atoms with Gasteiger partial charge in [0.05, 0.1) is 5.69 Å². The van der Waals surface area contributed by atoms with Gasteiger partial charge in [0, 0.05) is 6.54 Å². The normalized spacial score (nSPS) is 10.6. The van der Waals surface area contributed by atoms with E-state index in [-0.39, 0.29) is 5.82 Å². The van der Waals surface area contributed by atoms with Crippen molar-refractivity contribution < 1.29 is 4.39 Å². The molecule has 0 bridgehead atoms. The zero-order valence-electron chi connectivity index (χ0n) is 11.8. The maximum Gasteiger partial charge on any atom is 0.146 e. The Balaban J connectivity index is 2.07. The van der Waals surface area contributed by atoms with Crippen LogP contribution in [0.2, 0.25) is 0 Å². The Morgan fingerprint density at radius 2 is 1.67 bits per heavy atom. The molecule has 0 fully saturated rings. The predicted molar refractivity (Wildman–Crippen MR) is 77.6 cm³/mol. The Morgan fingerprint density at radius 3 is 2.33 bits per heavy atom. The van der Waals surface area contributed by atoms with Crippen molar-refractivity contribution in [2.75, 3.05) is 11.9 Å². The van der Waals surface area contributed by atoms with Gasteiger partial charge in [0.2, 0.25) is 0 Å². The maximum absolute atomic E-state index is 13.5. The van der Waals surface area contributed by atoms with Crippen LogP contribution in [0, 0.1) is 12.7 Å². The summed E-state index contributed by atoms with van der Waals surface area (Å²) in [5, 5.41) is 3.17. The molecule has 0 heterocycles. The van der Waals surface area contributed by atoms with Crippen molar-refractivity contribution in [2.24, 2.45) is 0 Å². The third kappa shape index (κ3) is 6.04. The lowest BCUT2D eigenvalue weighted by atomic mass is 10.1. The second kappa shape index (κ2) is 8.96. The number of benzene rings is 1. The van der Waals surface area contributed by atoms with Gasteiger partial charge in [-0.3, -0.25) is 0 Å². The molecule has 0 spiro atoms. The molecular formula is C16H26FN. The van der Waals surface area contributed by atoms with Crippen LogP contribution >= 0.6 is 0 Å². The van der Waals surface area contributed by atoms with E-state index in [2.05, 4.69) is 12.2 Å². The number of unbranched alkanes of at least 4 members (excludes halogenated alkanes) is 6. The van der Waals surface area contributed by atoms with Crippen LogP contribution in [0.4, 0.5) is 10.1 Å². The van der Waals surface area contributed by atoms with Crippen molar-refractivity contribution in [3.63, 3.8) is 0 Å². The number of rotatable bonds is 9. The van der Waals surface area contributed by atoms with Crippen molar-refractivity contribution in [3.05, 3.63) is 29.6 Å². The minimum Gasteiger partial charge on any atom is -0.383 e. The van der Waals surface area contributed by atoms with Gasteiger partial charge < -0.3 is 5.32 Å². The number of halogens is 1. The third-order valence-corrected chi connectivity index (χ3v) is 3.22. The van der Waals surface area contributed by atoms with Gasteiger partial charge in [-0.15, -0.1) is 0 Å². The molecule has 102 valence electrons. The summed E-state index contributed by atoms with van der Waals surface area (Å²) >= 11 is 0. The lowest BCUT2D eigenvalue weighted by Crippen LogP contribution is -2.03. The smallest absolute Gasteiger partial charge is 0.146 e. The Morgan fingerprint density at radius 1 is 1.00 bits per heavy atom. The van der Waals surface area contributed by atoms with Crippen molar-refractivity contribution in [1.82, 2.24) is 0 Å². The quantitative estimate of drug-likeness (QED) is 0.587. The van der Waals surface area contributed by atoms with Crippen molar-refractivity contribution in [1.29, 1.82) is 0 Å². The molecule has 0 unspecified atom stereocenters. The van der Waals surface area contributed by atoms with Crippen molar-refractivity contribution in [3.8, 4) is 0 Å². The highest BCUT2D eigenvalue weighted by atomic mass is 19.1. The SMILES string of the molecule is CCCCCCCCCNc1ccc(C)cc1F. The van der Waals surface area contributed by atoms with Gasteiger partial charge in [0.1, 0.15) is 5.82 Å². The summed E-state index contributed by atoms with van der Waals surface area (Å²) in [6, 6.07) is 5.34. The summed E-state index contributed by atoms with van der Waals surface area (Å²) in [6.45, 7) is 5.01. The first-order valence-corrected chi connectivity index (χ1v) is 7.24. The fourth-order valence-corrected chi connectivity index (χ4v) is 2.07. The van der Waals surface area contributed by atoms with E-state index in [1.54, 1.807) is 6.07 Å². The van der Waals surface area contributed by atoms with E-state index in [1.165, 1.54) is 38.5 Å². The van der Waals surface area contributed by atoms with E-state index in [4.69, 9.17) is 0 Å². The number of aryl methyl sites for hydroxylation is 1. The summed E-state index contributed by atoms with van der Waals surface area (Å²) in [5.41, 5.74) is 1.60. The molecule has 1 N–H and O–H groups in total. The van der Waals surface area contributed by atoms with E-state index in [9.17, 15) is 4.39 Å². The van der Waals surface area contributed by atoms with Gasteiger partial charge in [-0.25, -0.2) is 4.39 Å². The molecule has 0 aliphatic rings. The van der Waals surface area contributed by atoms with E-state index in [0.717, 1.165) is 18.5 Å². The van der Waals surface area contributed by atoms with E-state index in [0.29, 0.717) is 5.69 Å². The van der Waals surface area contributed by atoms with E-state index in [1.807, 2.05) is 19.1 Å².